The summed E-state index contributed by atoms with van der Waals surface area (Å²) in [7, 11) is 3.31. The standard InChI is InChI=1S/C22H27NO3/c1-16-4-6-17(7-5-16)8-13-22(24)23(19-9-10-19)15-18-14-20(25-2)11-12-21(18)26-3/h4-7,11-12,14,19H,8-10,13,15H2,1-3H3. The molecule has 0 spiro atoms. The minimum absolute atomic E-state index is 0.206. The van der Waals surface area contributed by atoms with Crippen LogP contribution in [0.5, 0.6) is 11.5 Å². The van der Waals surface area contributed by atoms with Gasteiger partial charge in [-0.05, 0) is 49.9 Å². The van der Waals surface area contributed by atoms with Gasteiger partial charge in [-0.1, -0.05) is 29.8 Å². The van der Waals surface area contributed by atoms with Crippen LogP contribution in [0.15, 0.2) is 42.5 Å². The number of benzene rings is 2. The molecule has 3 rings (SSSR count). The number of amides is 1. The first kappa shape index (κ1) is 18.3. The van der Waals surface area contributed by atoms with Gasteiger partial charge in [-0.2, -0.15) is 0 Å². The lowest BCUT2D eigenvalue weighted by Gasteiger charge is -2.24. The Morgan fingerprint density at radius 3 is 2.42 bits per heavy atom. The molecule has 2 aromatic rings. The summed E-state index contributed by atoms with van der Waals surface area (Å²) in [6.45, 7) is 2.64. The molecule has 0 radical (unpaired) electrons. The molecule has 4 nitrogen and oxygen atoms in total. The highest BCUT2D eigenvalue weighted by Gasteiger charge is 2.32. The summed E-state index contributed by atoms with van der Waals surface area (Å²) < 4.78 is 10.8. The van der Waals surface area contributed by atoms with E-state index in [1.165, 1.54) is 11.1 Å². The molecule has 0 saturated heterocycles. The topological polar surface area (TPSA) is 38.8 Å². The number of nitrogens with zero attached hydrogens (tertiary/aromatic N) is 1. The van der Waals surface area contributed by atoms with E-state index in [9.17, 15) is 4.79 Å². The van der Waals surface area contributed by atoms with Gasteiger partial charge in [0.25, 0.3) is 0 Å². The van der Waals surface area contributed by atoms with Crippen molar-refractivity contribution in [2.24, 2.45) is 0 Å². The van der Waals surface area contributed by atoms with Crippen LogP contribution in [0.2, 0.25) is 0 Å². The highest BCUT2D eigenvalue weighted by Crippen LogP contribution is 2.32. The summed E-state index contributed by atoms with van der Waals surface area (Å²) >= 11 is 0. The highest BCUT2D eigenvalue weighted by molar-refractivity contribution is 5.77. The Hall–Kier alpha value is -2.49. The SMILES string of the molecule is COc1ccc(OC)c(CN(C(=O)CCc2ccc(C)cc2)C2CC2)c1. The van der Waals surface area contributed by atoms with Crippen LogP contribution in [0.25, 0.3) is 0 Å². The van der Waals surface area contributed by atoms with E-state index >= 15 is 0 Å². The number of ether oxygens (including phenoxy) is 2. The highest BCUT2D eigenvalue weighted by atomic mass is 16.5. The number of hydrogen-bond donors (Lipinski definition) is 0. The van der Waals surface area contributed by atoms with Crippen LogP contribution in [0.3, 0.4) is 0 Å². The summed E-state index contributed by atoms with van der Waals surface area (Å²) in [5, 5.41) is 0. The van der Waals surface area contributed by atoms with Crippen molar-refractivity contribution < 1.29 is 14.3 Å². The van der Waals surface area contributed by atoms with E-state index in [1.54, 1.807) is 14.2 Å². The van der Waals surface area contributed by atoms with E-state index < -0.39 is 0 Å². The molecule has 1 aliphatic rings. The van der Waals surface area contributed by atoms with E-state index in [0.29, 0.717) is 19.0 Å². The molecule has 0 aromatic heterocycles. The summed E-state index contributed by atoms with van der Waals surface area (Å²) in [5.41, 5.74) is 3.44. The van der Waals surface area contributed by atoms with Crippen molar-refractivity contribution in [3.05, 3.63) is 59.2 Å². The molecule has 0 atom stereocenters. The maximum atomic E-state index is 12.9. The zero-order chi connectivity index (χ0) is 18.5. The summed E-state index contributed by atoms with van der Waals surface area (Å²) in [6, 6.07) is 14.5. The molecule has 0 bridgehead atoms. The minimum atomic E-state index is 0.206. The smallest absolute Gasteiger partial charge is 0.223 e. The lowest BCUT2D eigenvalue weighted by Crippen LogP contribution is -2.32. The van der Waals surface area contributed by atoms with Gasteiger partial charge in [-0.3, -0.25) is 4.79 Å². The minimum Gasteiger partial charge on any atom is -0.497 e. The second-order valence-corrected chi connectivity index (χ2v) is 6.92. The Morgan fingerprint density at radius 2 is 1.81 bits per heavy atom. The van der Waals surface area contributed by atoms with Crippen molar-refractivity contribution in [1.29, 1.82) is 0 Å². The molecule has 0 unspecified atom stereocenters. The van der Waals surface area contributed by atoms with Gasteiger partial charge in [-0.25, -0.2) is 0 Å². The molecule has 26 heavy (non-hydrogen) atoms. The number of aryl methyl sites for hydroxylation is 2. The average Bonchev–Trinajstić information content (AvgIpc) is 3.50. The van der Waals surface area contributed by atoms with Crippen LogP contribution in [0.1, 0.15) is 36.0 Å². The molecule has 1 saturated carbocycles. The Morgan fingerprint density at radius 1 is 1.08 bits per heavy atom. The number of rotatable bonds is 8. The van der Waals surface area contributed by atoms with E-state index in [-0.39, 0.29) is 5.91 Å². The van der Waals surface area contributed by atoms with E-state index in [2.05, 4.69) is 31.2 Å². The monoisotopic (exact) mass is 353 g/mol. The van der Waals surface area contributed by atoms with Gasteiger partial charge in [0.05, 0.1) is 14.2 Å². The van der Waals surface area contributed by atoms with Crippen molar-refractivity contribution in [3.63, 3.8) is 0 Å². The third-order valence-electron chi connectivity index (χ3n) is 4.88. The molecular weight excluding hydrogens is 326 g/mol. The number of methoxy groups -OCH3 is 2. The lowest BCUT2D eigenvalue weighted by atomic mass is 10.1. The Balaban J connectivity index is 1.69. The largest absolute Gasteiger partial charge is 0.497 e. The lowest BCUT2D eigenvalue weighted by molar-refractivity contribution is -0.132. The fraction of sp³-hybridized carbons (Fsp3) is 0.409. The van der Waals surface area contributed by atoms with Gasteiger partial charge in [0.2, 0.25) is 5.91 Å². The van der Waals surface area contributed by atoms with Crippen LogP contribution < -0.4 is 9.47 Å². The van der Waals surface area contributed by atoms with Crippen LogP contribution in [-0.2, 0) is 17.8 Å². The van der Waals surface area contributed by atoms with Crippen LogP contribution >= 0.6 is 0 Å². The van der Waals surface area contributed by atoms with Crippen molar-refractivity contribution in [2.75, 3.05) is 14.2 Å². The predicted octanol–water partition coefficient (Wildman–Crippen LogP) is 4.14. The molecule has 138 valence electrons. The van der Waals surface area contributed by atoms with Crippen LogP contribution in [-0.4, -0.2) is 31.1 Å². The van der Waals surface area contributed by atoms with Gasteiger partial charge in [0.1, 0.15) is 11.5 Å². The molecule has 1 fully saturated rings. The molecule has 1 aliphatic carbocycles. The summed E-state index contributed by atoms with van der Waals surface area (Å²) in [6.07, 6.45) is 3.48. The Labute approximate surface area is 155 Å². The molecule has 0 N–H and O–H groups in total. The normalized spacial score (nSPS) is 13.3. The third kappa shape index (κ3) is 4.57. The van der Waals surface area contributed by atoms with Crippen molar-refractivity contribution in [2.45, 2.75) is 45.2 Å². The van der Waals surface area contributed by atoms with Crippen LogP contribution in [0, 0.1) is 6.92 Å². The van der Waals surface area contributed by atoms with E-state index in [4.69, 9.17) is 9.47 Å². The molecule has 2 aromatic carbocycles. The zero-order valence-electron chi connectivity index (χ0n) is 15.8. The molecule has 1 amide bonds. The second-order valence-electron chi connectivity index (χ2n) is 6.92. The Bertz CT molecular complexity index is 750. The molecule has 0 heterocycles. The van der Waals surface area contributed by atoms with Crippen molar-refractivity contribution >= 4 is 5.91 Å². The zero-order valence-corrected chi connectivity index (χ0v) is 15.8. The second kappa shape index (κ2) is 8.26. The maximum absolute atomic E-state index is 12.9. The molecular formula is C22H27NO3. The van der Waals surface area contributed by atoms with Crippen molar-refractivity contribution in [3.8, 4) is 11.5 Å². The molecule has 0 aliphatic heterocycles. The van der Waals surface area contributed by atoms with Gasteiger partial charge >= 0.3 is 0 Å². The first-order chi connectivity index (χ1) is 12.6. The summed E-state index contributed by atoms with van der Waals surface area (Å²) in [4.78, 5) is 14.9. The fourth-order valence-electron chi connectivity index (χ4n) is 3.15. The maximum Gasteiger partial charge on any atom is 0.223 e. The number of carbonyl (C=O) groups is 1. The average molecular weight is 353 g/mol. The number of carbonyl (C=O) groups excluding carboxylic acids is 1. The fourth-order valence-corrected chi connectivity index (χ4v) is 3.15. The first-order valence-corrected chi connectivity index (χ1v) is 9.16. The van der Waals surface area contributed by atoms with Gasteiger partial charge in [-0.15, -0.1) is 0 Å². The number of hydrogen-bond acceptors (Lipinski definition) is 3. The van der Waals surface area contributed by atoms with Gasteiger partial charge in [0.15, 0.2) is 0 Å². The summed E-state index contributed by atoms with van der Waals surface area (Å²) in [5.74, 6) is 1.78. The first-order valence-electron chi connectivity index (χ1n) is 9.16. The van der Waals surface area contributed by atoms with Crippen molar-refractivity contribution in [1.82, 2.24) is 4.90 Å². The predicted molar refractivity (Wildman–Crippen MR) is 103 cm³/mol. The van der Waals surface area contributed by atoms with E-state index in [0.717, 1.165) is 36.3 Å². The molecule has 4 heteroatoms. The van der Waals surface area contributed by atoms with Gasteiger partial charge in [0, 0.05) is 24.6 Å². The van der Waals surface area contributed by atoms with E-state index in [1.807, 2.05) is 23.1 Å². The third-order valence-corrected chi connectivity index (χ3v) is 4.88. The van der Waals surface area contributed by atoms with Gasteiger partial charge < -0.3 is 14.4 Å². The Kier molecular flexibility index (Phi) is 5.82. The quantitative estimate of drug-likeness (QED) is 0.716. The van der Waals surface area contributed by atoms with Crippen LogP contribution in [0.4, 0.5) is 0 Å².